The summed E-state index contributed by atoms with van der Waals surface area (Å²) in [6.07, 6.45) is 1.48. The molecule has 146 valence electrons. The number of carbonyl (C=O) groups excluding carboxylic acids is 2. The standard InChI is InChI=1S/C23H27N3O2/c1-16-15-22(28)26(25-16)20-12-10-19(11-13-20)24-21(27)14-7-17-5-8-18(9-6-17)23(2,3)4/h5-6,8-13H,7,14-15H2,1-4H3,(H,24,27). The average Bonchev–Trinajstić information content (AvgIpc) is 2.98. The van der Waals surface area contributed by atoms with Crippen LogP contribution in [-0.4, -0.2) is 17.5 Å². The van der Waals surface area contributed by atoms with Crippen LogP contribution in [0.4, 0.5) is 11.4 Å². The monoisotopic (exact) mass is 377 g/mol. The molecule has 0 radical (unpaired) electrons. The molecular weight excluding hydrogens is 350 g/mol. The van der Waals surface area contributed by atoms with Crippen molar-refractivity contribution in [3.63, 3.8) is 0 Å². The van der Waals surface area contributed by atoms with E-state index in [0.29, 0.717) is 30.6 Å². The Bertz CT molecular complexity index is 891. The van der Waals surface area contributed by atoms with Crippen molar-refractivity contribution in [2.24, 2.45) is 5.10 Å². The molecule has 28 heavy (non-hydrogen) atoms. The van der Waals surface area contributed by atoms with Gasteiger partial charge in [-0.05, 0) is 54.2 Å². The van der Waals surface area contributed by atoms with Crippen LogP contribution in [0.5, 0.6) is 0 Å². The van der Waals surface area contributed by atoms with Crippen molar-refractivity contribution in [3.05, 3.63) is 59.7 Å². The van der Waals surface area contributed by atoms with Crippen molar-refractivity contribution in [2.75, 3.05) is 10.3 Å². The van der Waals surface area contributed by atoms with Crippen LogP contribution in [-0.2, 0) is 21.4 Å². The molecule has 2 amide bonds. The van der Waals surface area contributed by atoms with Gasteiger partial charge in [0.15, 0.2) is 0 Å². The number of anilines is 2. The van der Waals surface area contributed by atoms with Crippen molar-refractivity contribution in [1.82, 2.24) is 0 Å². The zero-order valence-corrected chi connectivity index (χ0v) is 17.0. The van der Waals surface area contributed by atoms with E-state index in [2.05, 4.69) is 55.5 Å². The van der Waals surface area contributed by atoms with E-state index < -0.39 is 0 Å². The highest BCUT2D eigenvalue weighted by Crippen LogP contribution is 2.24. The van der Waals surface area contributed by atoms with Gasteiger partial charge in [-0.3, -0.25) is 9.59 Å². The van der Waals surface area contributed by atoms with E-state index in [-0.39, 0.29) is 17.2 Å². The number of rotatable bonds is 5. The van der Waals surface area contributed by atoms with Gasteiger partial charge in [-0.25, -0.2) is 5.01 Å². The Morgan fingerprint density at radius 3 is 2.25 bits per heavy atom. The summed E-state index contributed by atoms with van der Waals surface area (Å²) in [6, 6.07) is 15.6. The number of aryl methyl sites for hydroxylation is 1. The lowest BCUT2D eigenvalue weighted by atomic mass is 9.86. The number of amides is 2. The maximum absolute atomic E-state index is 12.3. The summed E-state index contributed by atoms with van der Waals surface area (Å²) in [5.41, 5.74) is 4.79. The highest BCUT2D eigenvalue weighted by Gasteiger charge is 2.22. The number of nitrogens with zero attached hydrogens (tertiary/aromatic N) is 2. The average molecular weight is 377 g/mol. The van der Waals surface area contributed by atoms with Gasteiger partial charge in [0.1, 0.15) is 0 Å². The van der Waals surface area contributed by atoms with Crippen molar-refractivity contribution in [1.29, 1.82) is 0 Å². The third-order valence-corrected chi connectivity index (χ3v) is 4.77. The minimum absolute atomic E-state index is 0.0289. The predicted octanol–water partition coefficient (Wildman–Crippen LogP) is 4.67. The van der Waals surface area contributed by atoms with Crippen molar-refractivity contribution < 1.29 is 9.59 Å². The first-order chi connectivity index (χ1) is 13.2. The van der Waals surface area contributed by atoms with Crippen LogP contribution in [0.1, 0.15) is 51.7 Å². The highest BCUT2D eigenvalue weighted by atomic mass is 16.2. The van der Waals surface area contributed by atoms with Gasteiger partial charge in [0.25, 0.3) is 5.91 Å². The van der Waals surface area contributed by atoms with E-state index in [0.717, 1.165) is 11.3 Å². The zero-order valence-electron chi connectivity index (χ0n) is 17.0. The lowest BCUT2D eigenvalue weighted by Crippen LogP contribution is -2.19. The Labute approximate surface area is 166 Å². The second kappa shape index (κ2) is 7.97. The smallest absolute Gasteiger partial charge is 0.253 e. The Morgan fingerprint density at radius 2 is 1.71 bits per heavy atom. The molecular formula is C23H27N3O2. The van der Waals surface area contributed by atoms with Crippen LogP contribution in [0, 0.1) is 0 Å². The molecule has 0 bridgehead atoms. The normalized spacial score (nSPS) is 14.2. The second-order valence-corrected chi connectivity index (χ2v) is 8.26. The van der Waals surface area contributed by atoms with Crippen LogP contribution in [0.15, 0.2) is 53.6 Å². The molecule has 2 aromatic carbocycles. The van der Waals surface area contributed by atoms with Gasteiger partial charge in [-0.1, -0.05) is 45.0 Å². The van der Waals surface area contributed by atoms with E-state index in [4.69, 9.17) is 0 Å². The molecule has 0 saturated heterocycles. The Hall–Kier alpha value is -2.95. The van der Waals surface area contributed by atoms with E-state index in [1.165, 1.54) is 10.6 Å². The Balaban J connectivity index is 1.53. The van der Waals surface area contributed by atoms with Crippen LogP contribution in [0.2, 0.25) is 0 Å². The quantitative estimate of drug-likeness (QED) is 0.823. The molecule has 1 aliphatic rings. The fourth-order valence-electron chi connectivity index (χ4n) is 3.10. The molecule has 5 nitrogen and oxygen atoms in total. The first kappa shape index (κ1) is 19.8. The molecule has 0 spiro atoms. The minimum Gasteiger partial charge on any atom is -0.326 e. The van der Waals surface area contributed by atoms with Crippen molar-refractivity contribution in [2.45, 2.75) is 52.4 Å². The third-order valence-electron chi connectivity index (χ3n) is 4.77. The lowest BCUT2D eigenvalue weighted by molar-refractivity contribution is -0.117. The molecule has 0 aromatic heterocycles. The molecule has 1 aliphatic heterocycles. The number of hydrogen-bond donors (Lipinski definition) is 1. The summed E-state index contributed by atoms with van der Waals surface area (Å²) in [4.78, 5) is 24.1. The topological polar surface area (TPSA) is 61.8 Å². The molecule has 3 rings (SSSR count). The first-order valence-electron chi connectivity index (χ1n) is 9.59. The predicted molar refractivity (Wildman–Crippen MR) is 114 cm³/mol. The Morgan fingerprint density at radius 1 is 1.07 bits per heavy atom. The number of nitrogens with one attached hydrogen (secondary N) is 1. The van der Waals surface area contributed by atoms with Gasteiger partial charge < -0.3 is 5.32 Å². The molecule has 0 atom stereocenters. The van der Waals surface area contributed by atoms with Gasteiger partial charge in [-0.15, -0.1) is 0 Å². The minimum atomic E-state index is -0.0354. The molecule has 1 N–H and O–H groups in total. The van der Waals surface area contributed by atoms with Crippen molar-refractivity contribution >= 4 is 28.9 Å². The van der Waals surface area contributed by atoms with Crippen LogP contribution >= 0.6 is 0 Å². The molecule has 0 aliphatic carbocycles. The summed E-state index contributed by atoms with van der Waals surface area (Å²) < 4.78 is 0. The van der Waals surface area contributed by atoms with Crippen LogP contribution in [0.3, 0.4) is 0 Å². The third kappa shape index (κ3) is 4.85. The van der Waals surface area contributed by atoms with Gasteiger partial charge in [0.05, 0.1) is 12.1 Å². The molecule has 0 fully saturated rings. The summed E-state index contributed by atoms with van der Waals surface area (Å²) in [5.74, 6) is -0.0643. The van der Waals surface area contributed by atoms with Gasteiger partial charge in [0.2, 0.25) is 5.91 Å². The van der Waals surface area contributed by atoms with Crippen LogP contribution < -0.4 is 10.3 Å². The maximum Gasteiger partial charge on any atom is 0.253 e. The largest absolute Gasteiger partial charge is 0.326 e. The molecule has 1 heterocycles. The SMILES string of the molecule is CC1=NN(c2ccc(NC(=O)CCc3ccc(C(C)(C)C)cc3)cc2)C(=O)C1. The highest BCUT2D eigenvalue weighted by molar-refractivity contribution is 6.12. The van der Waals surface area contributed by atoms with Gasteiger partial charge >= 0.3 is 0 Å². The fourth-order valence-corrected chi connectivity index (χ4v) is 3.10. The Kier molecular flexibility index (Phi) is 5.63. The zero-order chi connectivity index (χ0) is 20.3. The number of hydrazone groups is 1. The van der Waals surface area contributed by atoms with Crippen molar-refractivity contribution in [3.8, 4) is 0 Å². The molecule has 0 unspecified atom stereocenters. The summed E-state index contributed by atoms with van der Waals surface area (Å²) >= 11 is 0. The van der Waals surface area contributed by atoms with Gasteiger partial charge in [0, 0.05) is 17.8 Å². The molecule has 2 aromatic rings. The second-order valence-electron chi connectivity index (χ2n) is 8.26. The van der Waals surface area contributed by atoms with E-state index in [1.54, 1.807) is 24.3 Å². The number of benzene rings is 2. The van der Waals surface area contributed by atoms with E-state index >= 15 is 0 Å². The summed E-state index contributed by atoms with van der Waals surface area (Å²) in [6.45, 7) is 8.40. The number of carbonyl (C=O) groups is 2. The molecule has 0 saturated carbocycles. The summed E-state index contributed by atoms with van der Waals surface area (Å²) in [5, 5.41) is 8.54. The van der Waals surface area contributed by atoms with E-state index in [9.17, 15) is 9.59 Å². The summed E-state index contributed by atoms with van der Waals surface area (Å²) in [7, 11) is 0. The maximum atomic E-state index is 12.3. The lowest BCUT2D eigenvalue weighted by Gasteiger charge is -2.19. The fraction of sp³-hybridized carbons (Fsp3) is 0.348. The van der Waals surface area contributed by atoms with Crippen LogP contribution in [0.25, 0.3) is 0 Å². The van der Waals surface area contributed by atoms with Gasteiger partial charge in [-0.2, -0.15) is 5.10 Å². The van der Waals surface area contributed by atoms with E-state index in [1.807, 2.05) is 6.92 Å². The molecule has 5 heteroatoms. The first-order valence-corrected chi connectivity index (χ1v) is 9.59. The number of hydrogen-bond acceptors (Lipinski definition) is 3.